The molecule has 5 heteroatoms. The zero-order valence-electron chi connectivity index (χ0n) is 12.6. The molecule has 0 bridgehead atoms. The smallest absolute Gasteiger partial charge is 0.123 e. The van der Waals surface area contributed by atoms with Crippen molar-refractivity contribution in [2.45, 2.75) is 13.5 Å². The molecule has 1 fully saturated rings. The third kappa shape index (κ3) is 3.14. The average Bonchev–Trinajstić information content (AvgIpc) is 2.84. The molecule has 0 spiro atoms. The first kappa shape index (κ1) is 14.2. The van der Waals surface area contributed by atoms with Gasteiger partial charge in [0.05, 0.1) is 11.9 Å². The van der Waals surface area contributed by atoms with Crippen LogP contribution in [-0.4, -0.2) is 52.8 Å². The maximum Gasteiger partial charge on any atom is 0.123 e. The molecule has 1 aromatic carbocycles. The fraction of sp³-hybridized carbons (Fsp3) is 0.438. The first-order valence-corrected chi connectivity index (χ1v) is 7.34. The van der Waals surface area contributed by atoms with E-state index in [-0.39, 0.29) is 5.82 Å². The highest BCUT2D eigenvalue weighted by atomic mass is 19.1. The molecule has 21 heavy (non-hydrogen) atoms. The monoisotopic (exact) mass is 288 g/mol. The van der Waals surface area contributed by atoms with Crippen molar-refractivity contribution in [2.75, 3.05) is 33.2 Å². The molecule has 0 N–H and O–H groups in total. The van der Waals surface area contributed by atoms with Gasteiger partial charge in [0.2, 0.25) is 0 Å². The Morgan fingerprint density at radius 3 is 2.43 bits per heavy atom. The molecule has 4 nitrogen and oxygen atoms in total. The molecule has 1 aromatic heterocycles. The quantitative estimate of drug-likeness (QED) is 0.864. The number of hydrogen-bond acceptors (Lipinski definition) is 3. The molecule has 1 saturated heterocycles. The lowest BCUT2D eigenvalue weighted by Gasteiger charge is -2.32. The molecule has 0 atom stereocenters. The van der Waals surface area contributed by atoms with E-state index >= 15 is 0 Å². The van der Waals surface area contributed by atoms with Crippen molar-refractivity contribution in [1.82, 2.24) is 19.6 Å². The summed E-state index contributed by atoms with van der Waals surface area (Å²) < 4.78 is 14.9. The molecule has 112 valence electrons. The summed E-state index contributed by atoms with van der Waals surface area (Å²) in [5.41, 5.74) is 3.27. The van der Waals surface area contributed by atoms with Crippen LogP contribution in [0.25, 0.3) is 5.69 Å². The van der Waals surface area contributed by atoms with Crippen molar-refractivity contribution in [3.8, 4) is 5.69 Å². The van der Waals surface area contributed by atoms with E-state index < -0.39 is 0 Å². The zero-order valence-corrected chi connectivity index (χ0v) is 12.6. The topological polar surface area (TPSA) is 24.3 Å². The van der Waals surface area contributed by atoms with Gasteiger partial charge in [-0.3, -0.25) is 4.90 Å². The Morgan fingerprint density at radius 1 is 1.10 bits per heavy atom. The summed E-state index contributed by atoms with van der Waals surface area (Å²) in [5, 5.41) is 4.45. The standard InChI is InChI=1S/C16H21FN4/c1-13-14(12-20-9-7-19(2)8-10-20)11-18-21(13)16-5-3-15(17)4-6-16/h3-6,11H,7-10,12H2,1-2H3. The fourth-order valence-corrected chi connectivity index (χ4v) is 2.69. The SMILES string of the molecule is Cc1c(CN2CCN(C)CC2)cnn1-c1ccc(F)cc1. The van der Waals surface area contributed by atoms with Crippen LogP contribution in [0.4, 0.5) is 4.39 Å². The molecule has 2 aromatic rings. The van der Waals surface area contributed by atoms with Crippen LogP contribution in [0, 0.1) is 12.7 Å². The summed E-state index contributed by atoms with van der Waals surface area (Å²) >= 11 is 0. The number of benzene rings is 1. The van der Waals surface area contributed by atoms with E-state index in [2.05, 4.69) is 28.9 Å². The molecule has 0 saturated carbocycles. The maximum atomic E-state index is 13.0. The van der Waals surface area contributed by atoms with Gasteiger partial charge in [0, 0.05) is 44.0 Å². The second-order valence-electron chi connectivity index (χ2n) is 5.72. The Morgan fingerprint density at radius 2 is 1.76 bits per heavy atom. The van der Waals surface area contributed by atoms with E-state index in [0.29, 0.717) is 0 Å². The highest BCUT2D eigenvalue weighted by Crippen LogP contribution is 2.17. The van der Waals surface area contributed by atoms with Gasteiger partial charge in [-0.15, -0.1) is 0 Å². The van der Waals surface area contributed by atoms with Gasteiger partial charge in [0.1, 0.15) is 5.82 Å². The van der Waals surface area contributed by atoms with Crippen molar-refractivity contribution in [3.63, 3.8) is 0 Å². The fourth-order valence-electron chi connectivity index (χ4n) is 2.69. The van der Waals surface area contributed by atoms with Gasteiger partial charge in [0.25, 0.3) is 0 Å². The minimum atomic E-state index is -0.221. The lowest BCUT2D eigenvalue weighted by atomic mass is 10.2. The lowest BCUT2D eigenvalue weighted by Crippen LogP contribution is -2.43. The van der Waals surface area contributed by atoms with Crippen molar-refractivity contribution in [1.29, 1.82) is 0 Å². The molecule has 1 aliphatic rings. The number of piperazine rings is 1. The van der Waals surface area contributed by atoms with Crippen molar-refractivity contribution in [3.05, 3.63) is 47.5 Å². The summed E-state index contributed by atoms with van der Waals surface area (Å²) in [6, 6.07) is 6.46. The van der Waals surface area contributed by atoms with Gasteiger partial charge in [-0.25, -0.2) is 9.07 Å². The van der Waals surface area contributed by atoms with E-state index in [0.717, 1.165) is 44.1 Å². The minimum Gasteiger partial charge on any atom is -0.304 e. The second kappa shape index (κ2) is 5.95. The van der Waals surface area contributed by atoms with Gasteiger partial charge in [0.15, 0.2) is 0 Å². The van der Waals surface area contributed by atoms with Gasteiger partial charge in [-0.2, -0.15) is 5.10 Å². The van der Waals surface area contributed by atoms with Crippen molar-refractivity contribution in [2.24, 2.45) is 0 Å². The van der Waals surface area contributed by atoms with E-state index in [4.69, 9.17) is 0 Å². The van der Waals surface area contributed by atoms with Crippen LogP contribution in [0.2, 0.25) is 0 Å². The minimum absolute atomic E-state index is 0.221. The van der Waals surface area contributed by atoms with E-state index in [1.165, 1.54) is 17.7 Å². The molecule has 2 heterocycles. The van der Waals surface area contributed by atoms with Crippen LogP contribution in [0.1, 0.15) is 11.3 Å². The Bertz CT molecular complexity index is 597. The lowest BCUT2D eigenvalue weighted by molar-refractivity contribution is 0.148. The van der Waals surface area contributed by atoms with Crippen LogP contribution in [-0.2, 0) is 6.54 Å². The largest absolute Gasteiger partial charge is 0.304 e. The Labute approximate surface area is 124 Å². The van der Waals surface area contributed by atoms with E-state index in [9.17, 15) is 4.39 Å². The number of likely N-dealkylation sites (N-methyl/N-ethyl adjacent to an activating group) is 1. The normalized spacial score (nSPS) is 17.3. The third-order valence-corrected chi connectivity index (χ3v) is 4.17. The van der Waals surface area contributed by atoms with E-state index in [1.807, 2.05) is 10.9 Å². The van der Waals surface area contributed by atoms with Crippen molar-refractivity contribution >= 4 is 0 Å². The first-order chi connectivity index (χ1) is 10.1. The van der Waals surface area contributed by atoms with Crippen LogP contribution in [0.15, 0.2) is 30.5 Å². The van der Waals surface area contributed by atoms with Crippen LogP contribution < -0.4 is 0 Å². The molecular weight excluding hydrogens is 267 g/mol. The number of hydrogen-bond donors (Lipinski definition) is 0. The van der Waals surface area contributed by atoms with E-state index in [1.54, 1.807) is 12.1 Å². The van der Waals surface area contributed by atoms with Gasteiger partial charge in [-0.1, -0.05) is 0 Å². The Hall–Kier alpha value is -1.72. The van der Waals surface area contributed by atoms with Gasteiger partial charge in [-0.05, 0) is 38.2 Å². The highest BCUT2D eigenvalue weighted by Gasteiger charge is 2.16. The molecule has 3 rings (SSSR count). The number of nitrogens with zero attached hydrogens (tertiary/aromatic N) is 4. The molecular formula is C16H21FN4. The summed E-state index contributed by atoms with van der Waals surface area (Å²) in [6.07, 6.45) is 1.93. The van der Waals surface area contributed by atoms with Crippen LogP contribution in [0.5, 0.6) is 0 Å². The highest BCUT2D eigenvalue weighted by molar-refractivity contribution is 5.34. The third-order valence-electron chi connectivity index (χ3n) is 4.17. The van der Waals surface area contributed by atoms with Gasteiger partial charge < -0.3 is 4.90 Å². The Kier molecular flexibility index (Phi) is 4.03. The van der Waals surface area contributed by atoms with Crippen LogP contribution in [0.3, 0.4) is 0 Å². The average molecular weight is 288 g/mol. The molecule has 0 unspecified atom stereocenters. The zero-order chi connectivity index (χ0) is 14.8. The molecule has 0 radical (unpaired) electrons. The number of aromatic nitrogens is 2. The predicted molar refractivity (Wildman–Crippen MR) is 81.0 cm³/mol. The summed E-state index contributed by atoms with van der Waals surface area (Å²) in [7, 11) is 2.16. The number of rotatable bonds is 3. The first-order valence-electron chi connectivity index (χ1n) is 7.34. The predicted octanol–water partition coefficient (Wildman–Crippen LogP) is 2.07. The summed E-state index contributed by atoms with van der Waals surface area (Å²) in [6.45, 7) is 7.42. The van der Waals surface area contributed by atoms with Crippen LogP contribution >= 0.6 is 0 Å². The summed E-state index contributed by atoms with van der Waals surface area (Å²) in [4.78, 5) is 4.81. The Balaban J connectivity index is 1.75. The van der Waals surface area contributed by atoms with Gasteiger partial charge >= 0.3 is 0 Å². The second-order valence-corrected chi connectivity index (χ2v) is 5.72. The number of halogens is 1. The molecule has 1 aliphatic heterocycles. The maximum absolute atomic E-state index is 13.0. The molecule has 0 amide bonds. The van der Waals surface area contributed by atoms with Crippen molar-refractivity contribution < 1.29 is 4.39 Å². The molecule has 0 aliphatic carbocycles. The summed E-state index contributed by atoms with van der Waals surface area (Å²) in [5.74, 6) is -0.221.